The molecule has 0 saturated carbocycles. The summed E-state index contributed by atoms with van der Waals surface area (Å²) >= 11 is 0. The van der Waals surface area contributed by atoms with Crippen molar-refractivity contribution >= 4 is 11.9 Å². The highest BCUT2D eigenvalue weighted by Gasteiger charge is 2.09. The number of rotatable bonds is 7. The van der Waals surface area contributed by atoms with Gasteiger partial charge in [0.15, 0.2) is 0 Å². The summed E-state index contributed by atoms with van der Waals surface area (Å²) in [5, 5.41) is 0. The average Bonchev–Trinajstić information content (AvgIpc) is 2.29. The second kappa shape index (κ2) is 6.85. The Morgan fingerprint density at radius 2 is 2.06 bits per heavy atom. The van der Waals surface area contributed by atoms with Crippen LogP contribution in [0.2, 0.25) is 0 Å². The van der Waals surface area contributed by atoms with Crippen molar-refractivity contribution in [1.29, 1.82) is 0 Å². The van der Waals surface area contributed by atoms with Gasteiger partial charge in [-0.25, -0.2) is 0 Å². The normalized spacial score (nSPS) is 10.3. The molecule has 0 bridgehead atoms. The summed E-state index contributed by atoms with van der Waals surface area (Å²) in [4.78, 5) is 14.0. The van der Waals surface area contributed by atoms with Gasteiger partial charge in [0.1, 0.15) is 0 Å². The minimum atomic E-state index is 0.164. The lowest BCUT2D eigenvalue weighted by Gasteiger charge is -2.17. The summed E-state index contributed by atoms with van der Waals surface area (Å²) in [6, 6.07) is 0.258. The molecule has 0 amide bonds. The third-order valence-electron chi connectivity index (χ3n) is 2.08. The van der Waals surface area contributed by atoms with E-state index in [4.69, 9.17) is 15.2 Å². The predicted octanol–water partition coefficient (Wildman–Crippen LogP) is 0.325. The number of methoxy groups -OCH3 is 1. The molecule has 0 unspecified atom stereocenters. The zero-order valence-corrected chi connectivity index (χ0v) is 10.5. The van der Waals surface area contributed by atoms with E-state index in [2.05, 4.69) is 15.0 Å². The Hall–Kier alpha value is -1.63. The molecular formula is C10H19N5O2. The molecule has 0 atom stereocenters. The van der Waals surface area contributed by atoms with Gasteiger partial charge < -0.3 is 20.1 Å². The number of anilines is 2. The molecule has 0 saturated heterocycles. The van der Waals surface area contributed by atoms with Crippen LogP contribution in [-0.2, 0) is 4.74 Å². The smallest absolute Gasteiger partial charge is 0.323 e. The molecule has 0 aromatic carbocycles. The van der Waals surface area contributed by atoms with E-state index in [1.807, 2.05) is 18.9 Å². The molecule has 1 aromatic rings. The van der Waals surface area contributed by atoms with Crippen molar-refractivity contribution in [1.82, 2.24) is 15.0 Å². The van der Waals surface area contributed by atoms with E-state index >= 15 is 0 Å². The Bertz CT molecular complexity index is 347. The lowest BCUT2D eigenvalue weighted by atomic mass is 10.4. The van der Waals surface area contributed by atoms with Crippen LogP contribution < -0.4 is 15.4 Å². The second-order valence-electron chi connectivity index (χ2n) is 3.48. The molecule has 1 rings (SSSR count). The van der Waals surface area contributed by atoms with Gasteiger partial charge in [0.2, 0.25) is 11.9 Å². The van der Waals surface area contributed by atoms with Crippen molar-refractivity contribution in [2.45, 2.75) is 13.3 Å². The van der Waals surface area contributed by atoms with Crippen LogP contribution >= 0.6 is 0 Å². The Morgan fingerprint density at radius 3 is 2.71 bits per heavy atom. The lowest BCUT2D eigenvalue weighted by Crippen LogP contribution is -2.23. The van der Waals surface area contributed by atoms with Gasteiger partial charge >= 0.3 is 6.01 Å². The molecule has 0 radical (unpaired) electrons. The predicted molar refractivity (Wildman–Crippen MR) is 65.2 cm³/mol. The molecule has 96 valence electrons. The maximum Gasteiger partial charge on any atom is 0.323 e. The third-order valence-corrected chi connectivity index (χ3v) is 2.08. The van der Waals surface area contributed by atoms with E-state index in [0.29, 0.717) is 19.2 Å². The molecule has 0 spiro atoms. The van der Waals surface area contributed by atoms with Gasteiger partial charge in [-0.1, -0.05) is 0 Å². The van der Waals surface area contributed by atoms with Gasteiger partial charge in [0.05, 0.1) is 6.61 Å². The molecule has 7 nitrogen and oxygen atoms in total. The summed E-state index contributed by atoms with van der Waals surface area (Å²) in [6.07, 6.45) is 0.891. The number of nitrogen functional groups attached to an aromatic ring is 1. The van der Waals surface area contributed by atoms with Crippen molar-refractivity contribution in [2.24, 2.45) is 0 Å². The van der Waals surface area contributed by atoms with E-state index in [9.17, 15) is 0 Å². The van der Waals surface area contributed by atoms with Crippen LogP contribution in [0.4, 0.5) is 11.9 Å². The lowest BCUT2D eigenvalue weighted by molar-refractivity contribution is 0.196. The summed E-state index contributed by atoms with van der Waals surface area (Å²) < 4.78 is 10.2. The number of nitrogens with two attached hydrogens (primary N) is 1. The van der Waals surface area contributed by atoms with Crippen LogP contribution in [0.1, 0.15) is 13.3 Å². The third kappa shape index (κ3) is 4.39. The van der Waals surface area contributed by atoms with Crippen LogP contribution in [0, 0.1) is 0 Å². The standard InChI is InChI=1S/C10H19N5O2/c1-4-17-10-13-8(11)12-9(14-10)15(2)6-5-7-16-3/h4-7H2,1-3H3,(H2,11,12,13,14). The molecule has 1 aromatic heterocycles. The van der Waals surface area contributed by atoms with Crippen molar-refractivity contribution in [3.8, 4) is 6.01 Å². The molecule has 0 aliphatic heterocycles. The minimum absolute atomic E-state index is 0.164. The first-order valence-electron chi connectivity index (χ1n) is 5.51. The number of ether oxygens (including phenoxy) is 2. The highest BCUT2D eigenvalue weighted by atomic mass is 16.5. The van der Waals surface area contributed by atoms with E-state index in [-0.39, 0.29) is 12.0 Å². The van der Waals surface area contributed by atoms with Gasteiger partial charge in [-0.2, -0.15) is 15.0 Å². The Kier molecular flexibility index (Phi) is 5.41. The fourth-order valence-corrected chi connectivity index (χ4v) is 1.27. The molecule has 17 heavy (non-hydrogen) atoms. The maximum absolute atomic E-state index is 5.59. The zero-order chi connectivity index (χ0) is 12.7. The maximum atomic E-state index is 5.59. The zero-order valence-electron chi connectivity index (χ0n) is 10.5. The molecule has 7 heteroatoms. The fraction of sp³-hybridized carbons (Fsp3) is 0.700. The van der Waals surface area contributed by atoms with Crippen molar-refractivity contribution < 1.29 is 9.47 Å². The van der Waals surface area contributed by atoms with Crippen LogP contribution in [0.5, 0.6) is 6.01 Å². The minimum Gasteiger partial charge on any atom is -0.464 e. The first-order chi connectivity index (χ1) is 8.17. The van der Waals surface area contributed by atoms with Crippen LogP contribution in [-0.4, -0.2) is 48.9 Å². The molecule has 2 N–H and O–H groups in total. The van der Waals surface area contributed by atoms with Gasteiger partial charge in [0.25, 0.3) is 0 Å². The highest BCUT2D eigenvalue weighted by Crippen LogP contribution is 2.12. The summed E-state index contributed by atoms with van der Waals surface area (Å²) in [5.41, 5.74) is 5.59. The molecular weight excluding hydrogens is 222 g/mol. The number of hydrogen-bond acceptors (Lipinski definition) is 7. The first-order valence-corrected chi connectivity index (χ1v) is 5.51. The number of aromatic nitrogens is 3. The van der Waals surface area contributed by atoms with Crippen molar-refractivity contribution in [2.75, 3.05) is 44.5 Å². The highest BCUT2D eigenvalue weighted by molar-refractivity contribution is 5.34. The van der Waals surface area contributed by atoms with Crippen molar-refractivity contribution in [3.63, 3.8) is 0 Å². The Morgan fingerprint density at radius 1 is 1.29 bits per heavy atom. The summed E-state index contributed by atoms with van der Waals surface area (Å²) in [6.45, 7) is 3.84. The topological polar surface area (TPSA) is 86.4 Å². The molecule has 0 aliphatic carbocycles. The number of hydrogen-bond donors (Lipinski definition) is 1. The van der Waals surface area contributed by atoms with E-state index in [1.165, 1.54) is 0 Å². The van der Waals surface area contributed by atoms with Crippen LogP contribution in [0.3, 0.4) is 0 Å². The Balaban J connectivity index is 2.67. The monoisotopic (exact) mass is 241 g/mol. The molecule has 0 fully saturated rings. The van der Waals surface area contributed by atoms with Gasteiger partial charge in [-0.3, -0.25) is 0 Å². The average molecular weight is 241 g/mol. The van der Waals surface area contributed by atoms with E-state index in [0.717, 1.165) is 13.0 Å². The Labute approximate surface area is 101 Å². The van der Waals surface area contributed by atoms with E-state index in [1.54, 1.807) is 7.11 Å². The summed E-state index contributed by atoms with van der Waals surface area (Å²) in [7, 11) is 3.56. The van der Waals surface area contributed by atoms with Gasteiger partial charge in [-0.05, 0) is 13.3 Å². The summed E-state index contributed by atoms with van der Waals surface area (Å²) in [5.74, 6) is 0.675. The van der Waals surface area contributed by atoms with Crippen molar-refractivity contribution in [3.05, 3.63) is 0 Å². The van der Waals surface area contributed by atoms with Crippen LogP contribution in [0.25, 0.3) is 0 Å². The van der Waals surface area contributed by atoms with Crippen LogP contribution in [0.15, 0.2) is 0 Å². The van der Waals surface area contributed by atoms with E-state index < -0.39 is 0 Å². The SMILES string of the molecule is CCOc1nc(N)nc(N(C)CCCOC)n1. The largest absolute Gasteiger partial charge is 0.464 e. The second-order valence-corrected chi connectivity index (χ2v) is 3.48. The first kappa shape index (κ1) is 13.4. The fourth-order valence-electron chi connectivity index (χ4n) is 1.27. The number of nitrogens with zero attached hydrogens (tertiary/aromatic N) is 4. The quantitative estimate of drug-likeness (QED) is 0.688. The van der Waals surface area contributed by atoms with Gasteiger partial charge in [0, 0.05) is 27.3 Å². The van der Waals surface area contributed by atoms with Gasteiger partial charge in [-0.15, -0.1) is 0 Å². The molecule has 0 aliphatic rings. The molecule has 1 heterocycles.